The van der Waals surface area contributed by atoms with Crippen molar-refractivity contribution in [2.75, 3.05) is 7.11 Å². The van der Waals surface area contributed by atoms with Gasteiger partial charge in [-0.05, 0) is 55.0 Å². The third kappa shape index (κ3) is 4.88. The minimum absolute atomic E-state index is 0.222. The van der Waals surface area contributed by atoms with Crippen molar-refractivity contribution in [1.82, 2.24) is 5.32 Å². The number of halogens is 1. The van der Waals surface area contributed by atoms with Gasteiger partial charge >= 0.3 is 0 Å². The van der Waals surface area contributed by atoms with E-state index in [2.05, 4.69) is 5.32 Å². The van der Waals surface area contributed by atoms with Crippen LogP contribution in [0.4, 0.5) is 4.39 Å². The normalized spacial score (nSPS) is 11.5. The summed E-state index contributed by atoms with van der Waals surface area (Å²) in [5, 5.41) is 2.93. The second kappa shape index (κ2) is 9.04. The van der Waals surface area contributed by atoms with E-state index in [9.17, 15) is 9.18 Å². The number of hydrogen-bond donors (Lipinski definition) is 1. The van der Waals surface area contributed by atoms with Gasteiger partial charge in [-0.25, -0.2) is 4.39 Å². The van der Waals surface area contributed by atoms with Crippen LogP contribution in [0.3, 0.4) is 0 Å². The van der Waals surface area contributed by atoms with E-state index in [-0.39, 0.29) is 24.4 Å². The maximum Gasteiger partial charge on any atom is 0.251 e. The quantitative estimate of drug-likeness (QED) is 0.635. The Morgan fingerprint density at radius 2 is 1.75 bits per heavy atom. The van der Waals surface area contributed by atoms with Crippen LogP contribution in [0.5, 0.6) is 11.5 Å². The van der Waals surface area contributed by atoms with Crippen LogP contribution in [0.1, 0.15) is 34.5 Å². The third-order valence-electron chi connectivity index (χ3n) is 4.40. The lowest BCUT2D eigenvalue weighted by molar-refractivity contribution is 0.0939. The minimum atomic E-state index is -0.305. The van der Waals surface area contributed by atoms with Crippen molar-refractivity contribution in [3.8, 4) is 11.5 Å². The second-order valence-corrected chi connectivity index (χ2v) is 6.38. The number of ether oxygens (including phenoxy) is 2. The van der Waals surface area contributed by atoms with Gasteiger partial charge in [0.2, 0.25) is 0 Å². The Balaban J connectivity index is 1.72. The van der Waals surface area contributed by atoms with Crippen molar-refractivity contribution >= 4 is 5.91 Å². The topological polar surface area (TPSA) is 47.6 Å². The van der Waals surface area contributed by atoms with Crippen LogP contribution >= 0.6 is 0 Å². The first-order valence-electron chi connectivity index (χ1n) is 8.98. The highest BCUT2D eigenvalue weighted by Crippen LogP contribution is 2.23. The second-order valence-electron chi connectivity index (χ2n) is 6.38. The van der Waals surface area contributed by atoms with Gasteiger partial charge < -0.3 is 14.8 Å². The smallest absolute Gasteiger partial charge is 0.251 e. The van der Waals surface area contributed by atoms with E-state index in [1.165, 1.54) is 12.1 Å². The molecule has 1 atom stereocenters. The SMILES string of the molecule is COc1ccc(C(=O)N[C@H](C)c2ccc(F)cc2)cc1COc1ccccc1. The summed E-state index contributed by atoms with van der Waals surface area (Å²) < 4.78 is 24.2. The lowest BCUT2D eigenvalue weighted by Gasteiger charge is -2.16. The van der Waals surface area contributed by atoms with E-state index in [1.807, 2.05) is 37.3 Å². The molecule has 0 radical (unpaired) electrons. The van der Waals surface area contributed by atoms with Gasteiger partial charge in [0, 0.05) is 11.1 Å². The van der Waals surface area contributed by atoms with Gasteiger partial charge in [0.1, 0.15) is 23.9 Å². The molecule has 144 valence electrons. The molecule has 0 aliphatic carbocycles. The molecule has 5 heteroatoms. The Bertz CT molecular complexity index is 926. The number of hydrogen-bond acceptors (Lipinski definition) is 3. The largest absolute Gasteiger partial charge is 0.496 e. The molecule has 1 amide bonds. The van der Waals surface area contributed by atoms with Crippen LogP contribution in [0, 0.1) is 5.82 Å². The molecule has 0 aromatic heterocycles. The lowest BCUT2D eigenvalue weighted by Crippen LogP contribution is -2.26. The van der Waals surface area contributed by atoms with Gasteiger partial charge in [0.25, 0.3) is 5.91 Å². The predicted molar refractivity (Wildman–Crippen MR) is 106 cm³/mol. The molecular weight excluding hydrogens is 357 g/mol. The molecule has 0 aliphatic rings. The monoisotopic (exact) mass is 379 g/mol. The number of methoxy groups -OCH3 is 1. The number of benzene rings is 3. The zero-order chi connectivity index (χ0) is 19.9. The molecule has 3 rings (SSSR count). The maximum absolute atomic E-state index is 13.1. The molecule has 0 fully saturated rings. The molecule has 28 heavy (non-hydrogen) atoms. The summed E-state index contributed by atoms with van der Waals surface area (Å²) >= 11 is 0. The van der Waals surface area contributed by atoms with Crippen LogP contribution in [-0.2, 0) is 6.61 Å². The van der Waals surface area contributed by atoms with Gasteiger partial charge in [-0.3, -0.25) is 4.79 Å². The standard InChI is InChI=1S/C23H22FNO3/c1-16(17-8-11-20(24)12-9-17)25-23(26)18-10-13-22(27-2)19(14-18)15-28-21-6-4-3-5-7-21/h3-14,16H,15H2,1-2H3,(H,25,26)/t16-/m1/s1. The fourth-order valence-electron chi connectivity index (χ4n) is 2.83. The van der Waals surface area contributed by atoms with Gasteiger partial charge in [-0.2, -0.15) is 0 Å². The number of rotatable bonds is 7. The molecule has 0 heterocycles. The fourth-order valence-corrected chi connectivity index (χ4v) is 2.83. The van der Waals surface area contributed by atoms with Gasteiger partial charge in [-0.15, -0.1) is 0 Å². The number of para-hydroxylation sites is 1. The molecule has 0 bridgehead atoms. The van der Waals surface area contributed by atoms with Gasteiger partial charge in [0.15, 0.2) is 0 Å². The van der Waals surface area contributed by atoms with Crippen molar-refractivity contribution in [3.63, 3.8) is 0 Å². The molecule has 0 saturated carbocycles. The summed E-state index contributed by atoms with van der Waals surface area (Å²) in [4.78, 5) is 12.7. The van der Waals surface area contributed by atoms with Gasteiger partial charge in [0.05, 0.1) is 13.2 Å². The number of amides is 1. The molecular formula is C23H22FNO3. The van der Waals surface area contributed by atoms with Crippen LogP contribution < -0.4 is 14.8 Å². The molecule has 3 aromatic rings. The van der Waals surface area contributed by atoms with E-state index < -0.39 is 0 Å². The van der Waals surface area contributed by atoms with Crippen molar-refractivity contribution in [2.45, 2.75) is 19.6 Å². The third-order valence-corrected chi connectivity index (χ3v) is 4.40. The van der Waals surface area contributed by atoms with Crippen molar-refractivity contribution in [2.24, 2.45) is 0 Å². The number of carbonyl (C=O) groups excluding carboxylic acids is 1. The lowest BCUT2D eigenvalue weighted by atomic mass is 10.1. The zero-order valence-corrected chi connectivity index (χ0v) is 15.8. The zero-order valence-electron chi connectivity index (χ0n) is 15.8. The summed E-state index contributed by atoms with van der Waals surface area (Å²) in [6.07, 6.45) is 0. The minimum Gasteiger partial charge on any atom is -0.496 e. The Morgan fingerprint density at radius 3 is 2.43 bits per heavy atom. The first kappa shape index (κ1) is 19.4. The molecule has 4 nitrogen and oxygen atoms in total. The summed E-state index contributed by atoms with van der Waals surface area (Å²) in [6.45, 7) is 2.13. The maximum atomic E-state index is 13.1. The van der Waals surface area contributed by atoms with E-state index in [1.54, 1.807) is 37.4 Å². The van der Waals surface area contributed by atoms with Crippen molar-refractivity contribution < 1.29 is 18.7 Å². The van der Waals surface area contributed by atoms with E-state index in [0.717, 1.165) is 16.9 Å². The Kier molecular flexibility index (Phi) is 6.27. The van der Waals surface area contributed by atoms with Crippen molar-refractivity contribution in [1.29, 1.82) is 0 Å². The van der Waals surface area contributed by atoms with Crippen LogP contribution in [0.25, 0.3) is 0 Å². The summed E-state index contributed by atoms with van der Waals surface area (Å²) in [5.74, 6) is 0.865. The Morgan fingerprint density at radius 1 is 1.04 bits per heavy atom. The number of nitrogens with one attached hydrogen (secondary N) is 1. The first-order valence-corrected chi connectivity index (χ1v) is 8.98. The van der Waals surface area contributed by atoms with E-state index in [4.69, 9.17) is 9.47 Å². The highest BCUT2D eigenvalue weighted by molar-refractivity contribution is 5.94. The van der Waals surface area contributed by atoms with Crippen LogP contribution in [-0.4, -0.2) is 13.0 Å². The first-order chi connectivity index (χ1) is 13.6. The summed E-state index contributed by atoms with van der Waals surface area (Å²) in [7, 11) is 1.58. The predicted octanol–water partition coefficient (Wildman–Crippen LogP) is 4.90. The van der Waals surface area contributed by atoms with E-state index in [0.29, 0.717) is 11.3 Å². The fraction of sp³-hybridized carbons (Fsp3) is 0.174. The molecule has 3 aromatic carbocycles. The van der Waals surface area contributed by atoms with Crippen LogP contribution in [0.2, 0.25) is 0 Å². The average Bonchev–Trinajstić information content (AvgIpc) is 2.73. The highest BCUT2D eigenvalue weighted by Gasteiger charge is 2.14. The van der Waals surface area contributed by atoms with Gasteiger partial charge in [-0.1, -0.05) is 30.3 Å². The molecule has 0 spiro atoms. The number of carbonyl (C=O) groups is 1. The summed E-state index contributed by atoms with van der Waals surface area (Å²) in [5.41, 5.74) is 2.10. The molecule has 0 aliphatic heterocycles. The van der Waals surface area contributed by atoms with Crippen molar-refractivity contribution in [3.05, 3.63) is 95.3 Å². The molecule has 0 saturated heterocycles. The summed E-state index contributed by atoms with van der Waals surface area (Å²) in [6, 6.07) is 20.5. The highest BCUT2D eigenvalue weighted by atomic mass is 19.1. The molecule has 0 unspecified atom stereocenters. The Labute approximate surface area is 163 Å². The Hall–Kier alpha value is -3.34. The van der Waals surface area contributed by atoms with E-state index >= 15 is 0 Å². The van der Waals surface area contributed by atoms with Crippen LogP contribution in [0.15, 0.2) is 72.8 Å². The average molecular weight is 379 g/mol. The molecule has 1 N–H and O–H groups in total.